The molecule has 1 aliphatic rings. The molecule has 5 atom stereocenters. The highest BCUT2D eigenvalue weighted by molar-refractivity contribution is 5.78. The number of aliphatic hydroxyl groups excluding tert-OH is 5. The lowest BCUT2D eigenvalue weighted by molar-refractivity contribution is -0.120. The van der Waals surface area contributed by atoms with Crippen molar-refractivity contribution in [1.82, 2.24) is 0 Å². The summed E-state index contributed by atoms with van der Waals surface area (Å²) < 4.78 is 0. The van der Waals surface area contributed by atoms with E-state index in [2.05, 4.69) is 12.1 Å². The van der Waals surface area contributed by atoms with Crippen molar-refractivity contribution in [2.75, 3.05) is 13.2 Å². The molecule has 1 aromatic carbocycles. The Morgan fingerprint density at radius 3 is 2.18 bits per heavy atom. The number of unbranched alkanes of at least 4 members (excludes halogenated alkanes) is 3. The van der Waals surface area contributed by atoms with Crippen LogP contribution in [0.3, 0.4) is 0 Å². The largest absolute Gasteiger partial charge is 0.396 e. The number of aliphatic hydroxyl groups is 5. The maximum atomic E-state index is 11.9. The summed E-state index contributed by atoms with van der Waals surface area (Å²) >= 11 is 0. The summed E-state index contributed by atoms with van der Waals surface area (Å²) in [6.07, 6.45) is 7.17. The summed E-state index contributed by atoms with van der Waals surface area (Å²) in [6, 6.07) is 10.1. The van der Waals surface area contributed by atoms with Gasteiger partial charge in [0.2, 0.25) is 0 Å². The highest BCUT2D eigenvalue weighted by Crippen LogP contribution is 2.39. The molecule has 6 nitrogen and oxygen atoms in total. The predicted molar refractivity (Wildman–Crippen MR) is 129 cm³/mol. The van der Waals surface area contributed by atoms with E-state index in [9.17, 15) is 20.1 Å². The van der Waals surface area contributed by atoms with Gasteiger partial charge in [0.1, 0.15) is 5.78 Å². The van der Waals surface area contributed by atoms with Crippen LogP contribution in [0.1, 0.15) is 76.2 Å². The fraction of sp³-hybridized carbons (Fsp3) is 0.741. The third kappa shape index (κ3) is 10.2. The molecule has 1 aromatic rings. The second-order valence-electron chi connectivity index (χ2n) is 9.88. The normalized spacial score (nSPS) is 23.8. The van der Waals surface area contributed by atoms with E-state index < -0.39 is 18.3 Å². The number of benzene rings is 1. The van der Waals surface area contributed by atoms with E-state index in [1.165, 1.54) is 5.56 Å². The predicted octanol–water partition coefficient (Wildman–Crippen LogP) is 3.02. The van der Waals surface area contributed by atoms with Crippen LogP contribution >= 0.6 is 0 Å². The molecule has 33 heavy (non-hydrogen) atoms. The zero-order valence-corrected chi connectivity index (χ0v) is 19.9. The summed E-state index contributed by atoms with van der Waals surface area (Å²) in [5.74, 6) is -0.162. The van der Waals surface area contributed by atoms with Crippen molar-refractivity contribution in [1.29, 1.82) is 0 Å². The molecule has 0 spiro atoms. The number of hydrogen-bond acceptors (Lipinski definition) is 6. The number of carbonyl (C=O) groups is 1. The molecule has 0 aliphatic heterocycles. The second-order valence-corrected chi connectivity index (χ2v) is 9.88. The molecule has 0 bridgehead atoms. The zero-order chi connectivity index (χ0) is 24.1. The third-order valence-electron chi connectivity index (χ3n) is 7.24. The van der Waals surface area contributed by atoms with Crippen molar-refractivity contribution in [2.45, 2.75) is 95.4 Å². The van der Waals surface area contributed by atoms with Crippen LogP contribution in [-0.2, 0) is 11.2 Å². The number of rotatable bonds is 17. The first-order valence-corrected chi connectivity index (χ1v) is 12.8. The Bertz CT molecular complexity index is 647. The van der Waals surface area contributed by atoms with Gasteiger partial charge in [-0.05, 0) is 62.3 Å². The average Bonchev–Trinajstić information content (AvgIpc) is 3.09. The van der Waals surface area contributed by atoms with Crippen LogP contribution in [0.25, 0.3) is 0 Å². The van der Waals surface area contributed by atoms with Gasteiger partial charge in [-0.1, -0.05) is 49.6 Å². The SMILES string of the molecule is O=C(CCCCCC[C@@H]1[C@@H](CC[C@@H](O)CCc2ccccc2)[C@H](O)C[C@@H]1O)CC(CO)CO. The molecular formula is C27H44O6. The number of hydrogen-bond donors (Lipinski definition) is 5. The number of Topliss-reactive ketones (excluding diaryl/α,β-unsaturated/α-hetero) is 1. The van der Waals surface area contributed by atoms with Crippen LogP contribution in [0.4, 0.5) is 0 Å². The fourth-order valence-corrected chi connectivity index (χ4v) is 5.15. The van der Waals surface area contributed by atoms with Gasteiger partial charge in [0.05, 0.1) is 18.3 Å². The maximum Gasteiger partial charge on any atom is 0.133 e. The molecule has 1 aliphatic carbocycles. The minimum Gasteiger partial charge on any atom is -0.396 e. The topological polar surface area (TPSA) is 118 Å². The van der Waals surface area contributed by atoms with Crippen molar-refractivity contribution in [3.63, 3.8) is 0 Å². The van der Waals surface area contributed by atoms with Crippen LogP contribution in [0.2, 0.25) is 0 Å². The van der Waals surface area contributed by atoms with E-state index in [1.807, 2.05) is 18.2 Å². The number of aryl methyl sites for hydroxylation is 1. The molecule has 0 heterocycles. The second kappa shape index (κ2) is 15.6. The summed E-state index contributed by atoms with van der Waals surface area (Å²) in [5.41, 5.74) is 1.22. The minimum atomic E-state index is -0.505. The first-order chi connectivity index (χ1) is 15.9. The van der Waals surface area contributed by atoms with Crippen LogP contribution in [-0.4, -0.2) is 62.8 Å². The lowest BCUT2D eigenvalue weighted by Gasteiger charge is -2.24. The lowest BCUT2D eigenvalue weighted by atomic mass is 9.84. The van der Waals surface area contributed by atoms with Crippen LogP contribution in [0.15, 0.2) is 30.3 Å². The van der Waals surface area contributed by atoms with Gasteiger partial charge in [-0.25, -0.2) is 0 Å². The molecule has 5 N–H and O–H groups in total. The molecule has 1 fully saturated rings. The summed E-state index contributed by atoms with van der Waals surface area (Å²) in [7, 11) is 0. The van der Waals surface area contributed by atoms with Gasteiger partial charge in [-0.2, -0.15) is 0 Å². The minimum absolute atomic E-state index is 0.0295. The monoisotopic (exact) mass is 464 g/mol. The van der Waals surface area contributed by atoms with Crippen molar-refractivity contribution in [2.24, 2.45) is 17.8 Å². The van der Waals surface area contributed by atoms with Crippen LogP contribution in [0.5, 0.6) is 0 Å². The Hall–Kier alpha value is -1.31. The van der Waals surface area contributed by atoms with E-state index in [4.69, 9.17) is 10.2 Å². The highest BCUT2D eigenvalue weighted by atomic mass is 16.3. The molecule has 1 saturated carbocycles. The van der Waals surface area contributed by atoms with Gasteiger partial charge in [0.25, 0.3) is 0 Å². The molecule has 0 radical (unpaired) electrons. The average molecular weight is 465 g/mol. The molecular weight excluding hydrogens is 420 g/mol. The number of ketones is 1. The molecule has 0 saturated heterocycles. The van der Waals surface area contributed by atoms with Crippen molar-refractivity contribution < 1.29 is 30.3 Å². The third-order valence-corrected chi connectivity index (χ3v) is 7.24. The fourth-order valence-electron chi connectivity index (χ4n) is 5.15. The van der Waals surface area contributed by atoms with Crippen LogP contribution in [0, 0.1) is 17.8 Å². The Kier molecular flexibility index (Phi) is 13.2. The summed E-state index contributed by atoms with van der Waals surface area (Å²) in [5, 5.41) is 49.4. The van der Waals surface area contributed by atoms with E-state index >= 15 is 0 Å². The zero-order valence-electron chi connectivity index (χ0n) is 19.9. The van der Waals surface area contributed by atoms with E-state index in [1.54, 1.807) is 0 Å². The Labute approximate surface area is 198 Å². The van der Waals surface area contributed by atoms with Gasteiger partial charge in [-0.15, -0.1) is 0 Å². The van der Waals surface area contributed by atoms with Gasteiger partial charge in [0.15, 0.2) is 0 Å². The standard InChI is InChI=1S/C27H44O6/c28-18-21(19-29)16-23(31)10-6-1-2-7-11-24-25(27(33)17-26(24)32)15-14-22(30)13-12-20-8-4-3-5-9-20/h3-5,8-9,21-22,24-30,32-33H,1-2,6-7,10-19H2/t22-,24+,25+,26-,27+/m0/s1. The quantitative estimate of drug-likeness (QED) is 0.226. The molecule has 2 rings (SSSR count). The number of carbonyl (C=O) groups excluding carboxylic acids is 1. The highest BCUT2D eigenvalue weighted by Gasteiger charge is 2.40. The molecule has 0 unspecified atom stereocenters. The van der Waals surface area contributed by atoms with Gasteiger partial charge in [-0.3, -0.25) is 4.79 Å². The van der Waals surface area contributed by atoms with Crippen molar-refractivity contribution in [3.8, 4) is 0 Å². The molecule has 0 aromatic heterocycles. The Morgan fingerprint density at radius 2 is 1.52 bits per heavy atom. The van der Waals surface area contributed by atoms with Crippen LogP contribution < -0.4 is 0 Å². The summed E-state index contributed by atoms with van der Waals surface area (Å²) in [6.45, 7) is -0.327. The maximum absolute atomic E-state index is 11.9. The first kappa shape index (κ1) is 27.9. The van der Waals surface area contributed by atoms with Gasteiger partial charge >= 0.3 is 0 Å². The first-order valence-electron chi connectivity index (χ1n) is 12.8. The smallest absolute Gasteiger partial charge is 0.133 e. The summed E-state index contributed by atoms with van der Waals surface area (Å²) in [4.78, 5) is 11.9. The van der Waals surface area contributed by atoms with E-state index in [0.29, 0.717) is 25.7 Å². The van der Waals surface area contributed by atoms with Crippen molar-refractivity contribution in [3.05, 3.63) is 35.9 Å². The van der Waals surface area contributed by atoms with Gasteiger partial charge < -0.3 is 25.5 Å². The van der Waals surface area contributed by atoms with Gasteiger partial charge in [0, 0.05) is 32.0 Å². The Morgan fingerprint density at radius 1 is 0.879 bits per heavy atom. The molecule has 0 amide bonds. The van der Waals surface area contributed by atoms with E-state index in [0.717, 1.165) is 44.9 Å². The molecule has 6 heteroatoms. The van der Waals surface area contributed by atoms with E-state index in [-0.39, 0.29) is 43.2 Å². The lowest BCUT2D eigenvalue weighted by Crippen LogP contribution is -2.24. The Balaban J connectivity index is 1.63. The molecule has 188 valence electrons. The van der Waals surface area contributed by atoms with Crippen molar-refractivity contribution >= 4 is 5.78 Å².